The number of rotatable bonds is 9. The van der Waals surface area contributed by atoms with Gasteiger partial charge in [-0.1, -0.05) is 78.3 Å². The van der Waals surface area contributed by atoms with Gasteiger partial charge in [-0.2, -0.15) is 5.10 Å². The third-order valence-electron chi connectivity index (χ3n) is 6.08. The third-order valence-corrected chi connectivity index (χ3v) is 6.43. The lowest BCUT2D eigenvalue weighted by molar-refractivity contribution is -0.140. The Hall–Kier alpha value is -4.10. The van der Waals surface area contributed by atoms with Crippen LogP contribution in [0.3, 0.4) is 0 Å². The maximum atomic E-state index is 12.4. The van der Waals surface area contributed by atoms with Gasteiger partial charge >= 0.3 is 12.1 Å². The van der Waals surface area contributed by atoms with E-state index < -0.39 is 12.2 Å². The van der Waals surface area contributed by atoms with Crippen molar-refractivity contribution in [3.05, 3.63) is 101 Å². The van der Waals surface area contributed by atoms with E-state index in [0.29, 0.717) is 17.9 Å². The predicted molar refractivity (Wildman–Crippen MR) is 143 cm³/mol. The summed E-state index contributed by atoms with van der Waals surface area (Å²) in [4.78, 5) is 23.7. The number of carbonyl (C=O) groups excluding carboxylic acids is 2. The Balaban J connectivity index is 1.35. The number of aryl methyl sites for hydroxylation is 1. The highest BCUT2D eigenvalue weighted by molar-refractivity contribution is 6.31. The Morgan fingerprint density at radius 2 is 1.62 bits per heavy atom. The summed E-state index contributed by atoms with van der Waals surface area (Å²) < 4.78 is 10.2. The van der Waals surface area contributed by atoms with E-state index in [1.54, 1.807) is 19.2 Å². The number of amides is 1. The molecule has 8 heteroatoms. The molecule has 7 nitrogen and oxygen atoms in total. The smallest absolute Gasteiger partial charge is 0.408 e. The molecule has 1 amide bonds. The van der Waals surface area contributed by atoms with E-state index in [1.165, 1.54) is 7.11 Å². The Morgan fingerprint density at radius 3 is 2.30 bits per heavy atom. The fraction of sp³-hybridized carbons (Fsp3) is 0.207. The summed E-state index contributed by atoms with van der Waals surface area (Å²) in [5.74, 6) is -0.211. The van der Waals surface area contributed by atoms with Crippen LogP contribution in [0.15, 0.2) is 79.0 Å². The number of nitrogens with zero attached hydrogens (tertiary/aromatic N) is 1. The number of esters is 1. The van der Waals surface area contributed by atoms with Gasteiger partial charge in [-0.25, -0.2) is 4.79 Å². The van der Waals surface area contributed by atoms with Gasteiger partial charge in [0.2, 0.25) is 0 Å². The summed E-state index contributed by atoms with van der Waals surface area (Å²) in [6.45, 7) is 2.01. The van der Waals surface area contributed by atoms with Crippen molar-refractivity contribution in [2.24, 2.45) is 0 Å². The minimum Gasteiger partial charge on any atom is -0.469 e. The number of carbonyl (C=O) groups is 2. The van der Waals surface area contributed by atoms with Crippen molar-refractivity contribution in [3.8, 4) is 22.3 Å². The number of benzene rings is 3. The van der Waals surface area contributed by atoms with Gasteiger partial charge in [0.1, 0.15) is 6.10 Å². The molecular weight excluding hydrogens is 490 g/mol. The zero-order valence-corrected chi connectivity index (χ0v) is 21.4. The predicted octanol–water partition coefficient (Wildman–Crippen LogP) is 6.49. The number of methoxy groups -OCH3 is 1. The van der Waals surface area contributed by atoms with Crippen molar-refractivity contribution in [2.75, 3.05) is 7.11 Å². The van der Waals surface area contributed by atoms with Crippen molar-refractivity contribution in [2.45, 2.75) is 32.4 Å². The monoisotopic (exact) mass is 517 g/mol. The second-order valence-corrected chi connectivity index (χ2v) is 8.94. The van der Waals surface area contributed by atoms with Gasteiger partial charge in [0.25, 0.3) is 0 Å². The Morgan fingerprint density at radius 1 is 0.973 bits per heavy atom. The van der Waals surface area contributed by atoms with Crippen LogP contribution in [-0.2, 0) is 27.2 Å². The highest BCUT2D eigenvalue weighted by Gasteiger charge is 2.15. The fourth-order valence-corrected chi connectivity index (χ4v) is 4.27. The third kappa shape index (κ3) is 6.77. The number of hydrogen-bond acceptors (Lipinski definition) is 5. The number of halogens is 1. The van der Waals surface area contributed by atoms with Crippen LogP contribution in [0.1, 0.15) is 36.3 Å². The second-order valence-electron chi connectivity index (χ2n) is 8.54. The number of ether oxygens (including phenoxy) is 2. The van der Waals surface area contributed by atoms with Crippen LogP contribution in [0, 0.1) is 0 Å². The lowest BCUT2D eigenvalue weighted by Gasteiger charge is -2.15. The first-order valence-corrected chi connectivity index (χ1v) is 12.3. The molecule has 0 aliphatic heterocycles. The number of aromatic nitrogens is 2. The maximum absolute atomic E-state index is 12.4. The average molecular weight is 518 g/mol. The minimum atomic E-state index is -0.543. The van der Waals surface area contributed by atoms with Gasteiger partial charge in [0.05, 0.1) is 25.5 Å². The number of H-pyrrole nitrogens is 1. The van der Waals surface area contributed by atoms with Gasteiger partial charge in [-0.3, -0.25) is 9.89 Å². The van der Waals surface area contributed by atoms with Crippen LogP contribution in [0.2, 0.25) is 5.02 Å². The summed E-state index contributed by atoms with van der Waals surface area (Å²) in [7, 11) is 1.40. The van der Waals surface area contributed by atoms with Crippen LogP contribution in [0.4, 0.5) is 4.79 Å². The molecule has 1 heterocycles. The average Bonchev–Trinajstić information content (AvgIpc) is 3.40. The summed E-state index contributed by atoms with van der Waals surface area (Å²) in [5.41, 5.74) is 6.62. The van der Waals surface area contributed by atoms with Gasteiger partial charge < -0.3 is 14.8 Å². The van der Waals surface area contributed by atoms with Crippen molar-refractivity contribution in [1.82, 2.24) is 15.5 Å². The molecule has 2 N–H and O–H groups in total. The molecule has 4 rings (SSSR count). The van der Waals surface area contributed by atoms with Gasteiger partial charge in [0, 0.05) is 22.6 Å². The first kappa shape index (κ1) is 26.0. The molecular formula is C29H28ClN3O4. The zero-order chi connectivity index (χ0) is 26.2. The number of nitrogens with one attached hydrogen (secondary N) is 2. The van der Waals surface area contributed by atoms with Crippen LogP contribution in [0.25, 0.3) is 22.3 Å². The van der Waals surface area contributed by atoms with E-state index >= 15 is 0 Å². The van der Waals surface area contributed by atoms with Crippen molar-refractivity contribution >= 4 is 23.7 Å². The molecule has 0 saturated carbocycles. The highest BCUT2D eigenvalue weighted by atomic mass is 35.5. The van der Waals surface area contributed by atoms with Gasteiger partial charge in [0.15, 0.2) is 0 Å². The molecule has 1 atom stereocenters. The zero-order valence-electron chi connectivity index (χ0n) is 20.7. The summed E-state index contributed by atoms with van der Waals surface area (Å²) in [6, 6.07) is 23.5. The topological polar surface area (TPSA) is 93.3 Å². The van der Waals surface area contributed by atoms with E-state index in [0.717, 1.165) is 39.1 Å². The standard InChI is InChI=1S/C29H28ClN3O4/c1-19(24-5-3-4-6-26(24)30)37-29(35)31-18-27-25(17-32-33-27)23-14-12-22(13-15-23)21-10-7-20(8-11-21)9-16-28(34)36-2/h3-8,10-15,17,19H,9,16,18H2,1-2H3,(H,31,35)(H,32,33). The number of alkyl carbamates (subject to hydrolysis) is 1. The molecule has 1 unspecified atom stereocenters. The summed E-state index contributed by atoms with van der Waals surface area (Å²) in [5, 5.41) is 10.4. The first-order valence-electron chi connectivity index (χ1n) is 11.9. The molecule has 0 spiro atoms. The van der Waals surface area contributed by atoms with Gasteiger partial charge in [-0.15, -0.1) is 0 Å². The highest BCUT2D eigenvalue weighted by Crippen LogP contribution is 2.27. The minimum absolute atomic E-state index is 0.211. The molecule has 190 valence electrons. The van der Waals surface area contributed by atoms with Crippen molar-refractivity contribution in [3.63, 3.8) is 0 Å². The molecule has 0 aliphatic rings. The van der Waals surface area contributed by atoms with Crippen molar-refractivity contribution in [1.29, 1.82) is 0 Å². The lowest BCUT2D eigenvalue weighted by Crippen LogP contribution is -2.25. The second kappa shape index (κ2) is 12.2. The van der Waals surface area contributed by atoms with Crippen LogP contribution < -0.4 is 5.32 Å². The van der Waals surface area contributed by atoms with Gasteiger partial charge in [-0.05, 0) is 41.7 Å². The Kier molecular flexibility index (Phi) is 8.59. The van der Waals surface area contributed by atoms with Crippen molar-refractivity contribution < 1.29 is 19.1 Å². The molecule has 1 aromatic heterocycles. The summed E-state index contributed by atoms with van der Waals surface area (Å²) >= 11 is 6.19. The summed E-state index contributed by atoms with van der Waals surface area (Å²) in [6.07, 6.45) is 1.72. The first-order chi connectivity index (χ1) is 17.9. The quantitative estimate of drug-likeness (QED) is 0.247. The molecule has 4 aromatic rings. The largest absolute Gasteiger partial charge is 0.469 e. The molecule has 0 aliphatic carbocycles. The number of hydrogen-bond donors (Lipinski definition) is 2. The molecule has 0 saturated heterocycles. The van der Waals surface area contributed by atoms with Crippen LogP contribution in [0.5, 0.6) is 0 Å². The van der Waals surface area contributed by atoms with E-state index in [9.17, 15) is 9.59 Å². The Labute approximate surface area is 220 Å². The van der Waals surface area contributed by atoms with Crippen LogP contribution >= 0.6 is 11.6 Å². The fourth-order valence-electron chi connectivity index (χ4n) is 3.98. The van der Waals surface area contributed by atoms with E-state index in [1.807, 2.05) is 66.7 Å². The van der Waals surface area contributed by atoms with Crippen LogP contribution in [-0.4, -0.2) is 29.4 Å². The molecule has 0 radical (unpaired) electrons. The Bertz CT molecular complexity index is 1350. The normalized spacial score (nSPS) is 11.5. The van der Waals surface area contributed by atoms with E-state index in [4.69, 9.17) is 21.1 Å². The van der Waals surface area contributed by atoms with E-state index in [-0.39, 0.29) is 12.5 Å². The number of aromatic amines is 1. The maximum Gasteiger partial charge on any atom is 0.408 e. The molecule has 0 fully saturated rings. The SMILES string of the molecule is COC(=O)CCc1ccc(-c2ccc(-c3cn[nH]c3CNC(=O)OC(C)c3ccccc3Cl)cc2)cc1. The molecule has 3 aromatic carbocycles. The molecule has 0 bridgehead atoms. The molecule has 37 heavy (non-hydrogen) atoms. The van der Waals surface area contributed by atoms with E-state index in [2.05, 4.69) is 15.5 Å². The lowest BCUT2D eigenvalue weighted by atomic mass is 9.99.